The lowest BCUT2D eigenvalue weighted by Gasteiger charge is -2.08. The summed E-state index contributed by atoms with van der Waals surface area (Å²) in [5.41, 5.74) is 2.36. The average molecular weight is 249 g/mol. The molecule has 0 aliphatic rings. The molecule has 0 saturated heterocycles. The Kier molecular flexibility index (Phi) is 2.90. The molecule has 0 amide bonds. The largest absolute Gasteiger partial charge is 0.340 e. The smallest absolute Gasteiger partial charge is 0.150 e. The number of carbonyl (C=O) groups is 1. The second-order valence-electron chi connectivity index (χ2n) is 4.11. The molecule has 0 aliphatic heterocycles. The van der Waals surface area contributed by atoms with Crippen LogP contribution >= 0.6 is 0 Å². The van der Waals surface area contributed by atoms with Crippen LogP contribution in [0.15, 0.2) is 54.9 Å². The lowest BCUT2D eigenvalue weighted by molar-refractivity contribution is 0.112. The number of aldehydes is 1. The van der Waals surface area contributed by atoms with Gasteiger partial charge in [0.15, 0.2) is 0 Å². The maximum absolute atomic E-state index is 10.9. The Morgan fingerprint density at radius 1 is 1.00 bits per heavy atom. The Morgan fingerprint density at radius 3 is 2.63 bits per heavy atom. The number of hydrogen-bond donors (Lipinski definition) is 1. The zero-order valence-electron chi connectivity index (χ0n) is 10.1. The fourth-order valence-electron chi connectivity index (χ4n) is 1.91. The molecule has 0 aliphatic carbocycles. The van der Waals surface area contributed by atoms with Crippen molar-refractivity contribution in [3.63, 3.8) is 0 Å². The van der Waals surface area contributed by atoms with Gasteiger partial charge in [0.2, 0.25) is 0 Å². The van der Waals surface area contributed by atoms with Gasteiger partial charge in [0.1, 0.15) is 18.4 Å². The van der Waals surface area contributed by atoms with Crippen LogP contribution in [0.3, 0.4) is 0 Å². The molecule has 3 aromatic rings. The third-order valence-corrected chi connectivity index (χ3v) is 2.83. The van der Waals surface area contributed by atoms with Gasteiger partial charge in [0.25, 0.3) is 0 Å². The fraction of sp³-hybridized carbons (Fsp3) is 0. The van der Waals surface area contributed by atoms with Gasteiger partial charge in [0.05, 0.1) is 5.52 Å². The van der Waals surface area contributed by atoms with Crippen molar-refractivity contribution < 1.29 is 4.79 Å². The van der Waals surface area contributed by atoms with Gasteiger partial charge in [-0.25, -0.2) is 9.97 Å². The number of para-hydroxylation sites is 1. The van der Waals surface area contributed by atoms with Gasteiger partial charge in [-0.1, -0.05) is 18.2 Å². The first-order valence-electron chi connectivity index (χ1n) is 5.89. The predicted octanol–water partition coefficient (Wildman–Crippen LogP) is 3.19. The quantitative estimate of drug-likeness (QED) is 0.724. The van der Waals surface area contributed by atoms with Gasteiger partial charge in [-0.15, -0.1) is 0 Å². The van der Waals surface area contributed by atoms with E-state index in [1.807, 2.05) is 36.4 Å². The molecule has 1 N–H and O–H groups in total. The van der Waals surface area contributed by atoms with Crippen LogP contribution in [0, 0.1) is 0 Å². The van der Waals surface area contributed by atoms with Crippen molar-refractivity contribution in [1.82, 2.24) is 9.97 Å². The average Bonchev–Trinajstić information content (AvgIpc) is 2.48. The Balaban J connectivity index is 2.10. The van der Waals surface area contributed by atoms with Crippen molar-refractivity contribution in [3.05, 3.63) is 60.4 Å². The molecule has 4 heteroatoms. The van der Waals surface area contributed by atoms with Crippen LogP contribution in [0.5, 0.6) is 0 Å². The standard InChI is InChI=1S/C15H11N3O/c19-9-11-6-7-14-13(8-11)15(17-10-16-14)18-12-4-2-1-3-5-12/h1-10H,(H,16,17,18). The van der Waals surface area contributed by atoms with Gasteiger partial charge < -0.3 is 5.32 Å². The molecule has 0 atom stereocenters. The highest BCUT2D eigenvalue weighted by molar-refractivity contribution is 5.94. The fourth-order valence-corrected chi connectivity index (χ4v) is 1.91. The predicted molar refractivity (Wildman–Crippen MR) is 74.7 cm³/mol. The molecule has 19 heavy (non-hydrogen) atoms. The molecule has 0 unspecified atom stereocenters. The number of aromatic nitrogens is 2. The first kappa shape index (κ1) is 11.3. The summed E-state index contributed by atoms with van der Waals surface area (Å²) in [6.07, 6.45) is 2.33. The van der Waals surface area contributed by atoms with E-state index in [1.165, 1.54) is 6.33 Å². The molecule has 0 radical (unpaired) electrons. The summed E-state index contributed by atoms with van der Waals surface area (Å²) < 4.78 is 0. The minimum absolute atomic E-state index is 0.610. The molecular weight excluding hydrogens is 238 g/mol. The lowest BCUT2D eigenvalue weighted by Crippen LogP contribution is -1.96. The number of benzene rings is 2. The highest BCUT2D eigenvalue weighted by atomic mass is 16.1. The van der Waals surface area contributed by atoms with Crippen LogP contribution < -0.4 is 5.32 Å². The van der Waals surface area contributed by atoms with Crippen LogP contribution in [-0.2, 0) is 0 Å². The summed E-state index contributed by atoms with van der Waals surface area (Å²) in [5.74, 6) is 0.694. The maximum Gasteiger partial charge on any atom is 0.150 e. The van der Waals surface area contributed by atoms with E-state index in [4.69, 9.17) is 0 Å². The summed E-state index contributed by atoms with van der Waals surface area (Å²) in [6.45, 7) is 0. The highest BCUT2D eigenvalue weighted by Gasteiger charge is 2.04. The molecule has 0 bridgehead atoms. The van der Waals surface area contributed by atoms with E-state index in [0.717, 1.165) is 22.9 Å². The molecule has 1 heterocycles. The van der Waals surface area contributed by atoms with Crippen LogP contribution in [0.2, 0.25) is 0 Å². The summed E-state index contributed by atoms with van der Waals surface area (Å²) in [5, 5.41) is 4.06. The minimum Gasteiger partial charge on any atom is -0.340 e. The van der Waals surface area contributed by atoms with Crippen LogP contribution in [-0.4, -0.2) is 16.3 Å². The molecule has 0 spiro atoms. The van der Waals surface area contributed by atoms with Gasteiger partial charge >= 0.3 is 0 Å². The van der Waals surface area contributed by atoms with Crippen molar-refractivity contribution in [2.24, 2.45) is 0 Å². The van der Waals surface area contributed by atoms with E-state index < -0.39 is 0 Å². The van der Waals surface area contributed by atoms with Crippen molar-refractivity contribution >= 4 is 28.7 Å². The SMILES string of the molecule is O=Cc1ccc2ncnc(Nc3ccccc3)c2c1. The number of carbonyl (C=O) groups excluding carboxylic acids is 1. The van der Waals surface area contributed by atoms with E-state index >= 15 is 0 Å². The number of anilines is 2. The first-order chi connectivity index (χ1) is 9.36. The Labute approximate surface area is 110 Å². The monoisotopic (exact) mass is 249 g/mol. The summed E-state index contributed by atoms with van der Waals surface area (Å²) >= 11 is 0. The molecule has 4 nitrogen and oxygen atoms in total. The van der Waals surface area contributed by atoms with Crippen molar-refractivity contribution in [3.8, 4) is 0 Å². The second-order valence-corrected chi connectivity index (χ2v) is 4.11. The van der Waals surface area contributed by atoms with E-state index in [9.17, 15) is 4.79 Å². The van der Waals surface area contributed by atoms with Crippen LogP contribution in [0.1, 0.15) is 10.4 Å². The Morgan fingerprint density at radius 2 is 1.84 bits per heavy atom. The van der Waals surface area contributed by atoms with E-state index in [0.29, 0.717) is 11.4 Å². The van der Waals surface area contributed by atoms with Gasteiger partial charge in [-0.05, 0) is 30.3 Å². The zero-order chi connectivity index (χ0) is 13.1. The molecule has 92 valence electrons. The summed E-state index contributed by atoms with van der Waals surface area (Å²) in [7, 11) is 0. The van der Waals surface area contributed by atoms with Crippen molar-refractivity contribution in [2.45, 2.75) is 0 Å². The normalized spacial score (nSPS) is 10.3. The highest BCUT2D eigenvalue weighted by Crippen LogP contribution is 2.23. The Bertz CT molecular complexity index is 726. The van der Waals surface area contributed by atoms with Crippen LogP contribution in [0.4, 0.5) is 11.5 Å². The number of hydrogen-bond acceptors (Lipinski definition) is 4. The molecule has 2 aromatic carbocycles. The maximum atomic E-state index is 10.9. The van der Waals surface area contributed by atoms with Crippen molar-refractivity contribution in [1.29, 1.82) is 0 Å². The molecule has 0 saturated carbocycles. The number of nitrogens with zero attached hydrogens (tertiary/aromatic N) is 2. The van der Waals surface area contributed by atoms with Gasteiger partial charge in [-0.2, -0.15) is 0 Å². The van der Waals surface area contributed by atoms with E-state index in [-0.39, 0.29) is 0 Å². The number of nitrogens with one attached hydrogen (secondary N) is 1. The van der Waals surface area contributed by atoms with Gasteiger partial charge in [0, 0.05) is 16.6 Å². The number of fused-ring (bicyclic) bond motifs is 1. The lowest BCUT2D eigenvalue weighted by atomic mass is 10.1. The van der Waals surface area contributed by atoms with E-state index in [2.05, 4.69) is 15.3 Å². The zero-order valence-corrected chi connectivity index (χ0v) is 10.1. The molecule has 1 aromatic heterocycles. The minimum atomic E-state index is 0.610. The molecule has 3 rings (SSSR count). The van der Waals surface area contributed by atoms with Crippen LogP contribution in [0.25, 0.3) is 10.9 Å². The van der Waals surface area contributed by atoms with E-state index in [1.54, 1.807) is 12.1 Å². The summed E-state index contributed by atoms with van der Waals surface area (Å²) in [6, 6.07) is 15.1. The Hall–Kier alpha value is -2.75. The topological polar surface area (TPSA) is 54.9 Å². The third kappa shape index (κ3) is 2.28. The van der Waals surface area contributed by atoms with Gasteiger partial charge in [-0.3, -0.25) is 4.79 Å². The molecule has 0 fully saturated rings. The second kappa shape index (κ2) is 4.86. The van der Waals surface area contributed by atoms with Crippen molar-refractivity contribution in [2.75, 3.05) is 5.32 Å². The third-order valence-electron chi connectivity index (χ3n) is 2.83. The summed E-state index contributed by atoms with van der Waals surface area (Å²) in [4.78, 5) is 19.3. The first-order valence-corrected chi connectivity index (χ1v) is 5.89. The number of rotatable bonds is 3. The molecular formula is C15H11N3O.